The van der Waals surface area contributed by atoms with Crippen LogP contribution in [0, 0.1) is 28.6 Å². The van der Waals surface area contributed by atoms with Gasteiger partial charge in [-0.15, -0.1) is 0 Å². The number of ether oxygens (including phenoxy) is 1. The predicted octanol–water partition coefficient (Wildman–Crippen LogP) is 3.98. The first-order valence-corrected chi connectivity index (χ1v) is 9.62. The molecule has 1 heterocycles. The van der Waals surface area contributed by atoms with E-state index >= 15 is 0 Å². The van der Waals surface area contributed by atoms with Gasteiger partial charge in [-0.2, -0.15) is 0 Å². The highest BCUT2D eigenvalue weighted by Gasteiger charge is 2.67. The van der Waals surface area contributed by atoms with Gasteiger partial charge in [0.1, 0.15) is 6.10 Å². The lowest BCUT2D eigenvalue weighted by molar-refractivity contribution is -0.151. The van der Waals surface area contributed by atoms with Gasteiger partial charge in [-0.25, -0.2) is 0 Å². The van der Waals surface area contributed by atoms with Gasteiger partial charge in [0.05, 0.1) is 5.41 Å². The molecule has 3 heteroatoms. The average Bonchev–Trinajstić information content (AvgIpc) is 3.05. The lowest BCUT2D eigenvalue weighted by Crippen LogP contribution is -2.48. The van der Waals surface area contributed by atoms with Gasteiger partial charge < -0.3 is 4.74 Å². The largest absolute Gasteiger partial charge is 0.462 e. The zero-order valence-electron chi connectivity index (χ0n) is 14.6. The lowest BCUT2D eigenvalue weighted by atomic mass is 9.50. The van der Waals surface area contributed by atoms with E-state index in [9.17, 15) is 9.59 Å². The molecule has 24 heavy (non-hydrogen) atoms. The molecule has 128 valence electrons. The summed E-state index contributed by atoms with van der Waals surface area (Å²) in [5.74, 6) is 1.68. The number of ketones is 1. The van der Waals surface area contributed by atoms with E-state index in [1.54, 1.807) is 0 Å². The zero-order chi connectivity index (χ0) is 16.7. The molecule has 3 fully saturated rings. The molecule has 0 unspecified atom stereocenters. The Hall–Kier alpha value is -1.38. The molecule has 0 aromatic heterocycles. The highest BCUT2D eigenvalue weighted by Crippen LogP contribution is 2.67. The number of hydrogen-bond acceptors (Lipinski definition) is 3. The van der Waals surface area contributed by atoms with E-state index in [4.69, 9.17) is 4.74 Å². The minimum Gasteiger partial charge on any atom is -0.462 e. The minimum absolute atomic E-state index is 0.0761. The molecule has 0 radical (unpaired) electrons. The molecule has 6 atom stereocenters. The Kier molecular flexibility index (Phi) is 2.87. The molecule has 0 bridgehead atoms. The molecular weight excluding hydrogens is 300 g/mol. The van der Waals surface area contributed by atoms with Crippen molar-refractivity contribution in [3.8, 4) is 0 Å². The smallest absolute Gasteiger partial charge is 0.313 e. The quantitative estimate of drug-likeness (QED) is 0.499. The first kappa shape index (κ1) is 14.9. The molecule has 1 saturated heterocycles. The van der Waals surface area contributed by atoms with Crippen LogP contribution in [0.3, 0.4) is 0 Å². The van der Waals surface area contributed by atoms with E-state index in [0.29, 0.717) is 30.0 Å². The Balaban J connectivity index is 1.59. The summed E-state index contributed by atoms with van der Waals surface area (Å²) in [7, 11) is 0. The van der Waals surface area contributed by atoms with Crippen LogP contribution >= 0.6 is 0 Å². The molecule has 0 aromatic rings. The van der Waals surface area contributed by atoms with Crippen molar-refractivity contribution >= 4 is 11.8 Å². The van der Waals surface area contributed by atoms with Crippen LogP contribution in [0.25, 0.3) is 0 Å². The molecule has 0 amide bonds. The Morgan fingerprint density at radius 1 is 1.12 bits per heavy atom. The Morgan fingerprint density at radius 3 is 2.79 bits per heavy atom. The second-order valence-corrected chi connectivity index (χ2v) is 8.94. The molecule has 3 nitrogen and oxygen atoms in total. The fraction of sp³-hybridized carbons (Fsp3) is 0.714. The third-order valence-electron chi connectivity index (χ3n) is 8.23. The van der Waals surface area contributed by atoms with E-state index in [-0.39, 0.29) is 22.9 Å². The maximum Gasteiger partial charge on any atom is 0.313 e. The van der Waals surface area contributed by atoms with Crippen LogP contribution in [0.4, 0.5) is 0 Å². The van der Waals surface area contributed by atoms with Crippen LogP contribution in [-0.4, -0.2) is 17.9 Å². The first-order chi connectivity index (χ1) is 11.5. The van der Waals surface area contributed by atoms with Crippen LogP contribution < -0.4 is 0 Å². The van der Waals surface area contributed by atoms with Crippen LogP contribution in [0.2, 0.25) is 0 Å². The molecule has 2 saturated carbocycles. The number of rotatable bonds is 0. The summed E-state index contributed by atoms with van der Waals surface area (Å²) in [5.41, 5.74) is 2.76. The lowest BCUT2D eigenvalue weighted by Gasteiger charge is -2.53. The highest BCUT2D eigenvalue weighted by atomic mass is 16.6. The molecule has 0 N–H and O–H groups in total. The Bertz CT molecular complexity index is 702. The summed E-state index contributed by atoms with van der Waals surface area (Å²) in [4.78, 5) is 24.7. The monoisotopic (exact) mass is 326 g/mol. The normalized spacial score (nSPS) is 49.4. The van der Waals surface area contributed by atoms with Gasteiger partial charge >= 0.3 is 5.97 Å². The number of carbonyl (C=O) groups excluding carboxylic acids is 2. The van der Waals surface area contributed by atoms with E-state index in [0.717, 1.165) is 38.5 Å². The van der Waals surface area contributed by atoms with Crippen LogP contribution in [-0.2, 0) is 14.3 Å². The summed E-state index contributed by atoms with van der Waals surface area (Å²) in [6.45, 7) is 4.44. The van der Waals surface area contributed by atoms with Gasteiger partial charge in [0, 0.05) is 12.3 Å². The molecule has 4 aliphatic carbocycles. The van der Waals surface area contributed by atoms with E-state index in [2.05, 4.69) is 19.9 Å². The number of fused-ring (bicyclic) bond motifs is 4. The SMILES string of the molecule is C[C@@H]1OC(=O)[C@]23CC[C@@H]4C(=CCC5=CC(=O)CC[C@@]54C)[C@@H]2CC[C@H]13. The van der Waals surface area contributed by atoms with Crippen LogP contribution in [0.5, 0.6) is 0 Å². The second-order valence-electron chi connectivity index (χ2n) is 8.94. The molecule has 0 aromatic carbocycles. The van der Waals surface area contributed by atoms with E-state index in [1.807, 2.05) is 6.08 Å². The van der Waals surface area contributed by atoms with Gasteiger partial charge in [0.25, 0.3) is 0 Å². The number of carbonyl (C=O) groups is 2. The highest BCUT2D eigenvalue weighted by molar-refractivity contribution is 5.92. The van der Waals surface area contributed by atoms with Crippen molar-refractivity contribution in [2.45, 2.75) is 64.9 Å². The minimum atomic E-state index is -0.232. The first-order valence-electron chi connectivity index (χ1n) is 9.62. The van der Waals surface area contributed by atoms with Gasteiger partial charge in [0.15, 0.2) is 5.78 Å². The summed E-state index contributed by atoms with van der Waals surface area (Å²) < 4.78 is 5.69. The number of esters is 1. The van der Waals surface area contributed by atoms with Crippen molar-refractivity contribution in [2.75, 3.05) is 0 Å². The molecule has 1 spiro atoms. The van der Waals surface area contributed by atoms with Crippen LogP contribution in [0.15, 0.2) is 23.3 Å². The van der Waals surface area contributed by atoms with Crippen LogP contribution in [0.1, 0.15) is 58.8 Å². The summed E-state index contributed by atoms with van der Waals surface area (Å²) in [5, 5.41) is 0. The molecule has 5 rings (SSSR count). The van der Waals surface area contributed by atoms with E-state index in [1.165, 1.54) is 11.1 Å². The fourth-order valence-corrected chi connectivity index (χ4v) is 7.01. The van der Waals surface area contributed by atoms with Crippen molar-refractivity contribution in [3.63, 3.8) is 0 Å². The van der Waals surface area contributed by atoms with Gasteiger partial charge in [-0.3, -0.25) is 9.59 Å². The van der Waals surface area contributed by atoms with Gasteiger partial charge in [-0.1, -0.05) is 24.1 Å². The van der Waals surface area contributed by atoms with E-state index < -0.39 is 0 Å². The predicted molar refractivity (Wildman–Crippen MR) is 90.1 cm³/mol. The fourth-order valence-electron chi connectivity index (χ4n) is 7.01. The van der Waals surface area contributed by atoms with Crippen molar-refractivity contribution in [2.24, 2.45) is 28.6 Å². The topological polar surface area (TPSA) is 43.4 Å². The summed E-state index contributed by atoms with van der Waals surface area (Å²) >= 11 is 0. The molecule has 5 aliphatic rings. The Labute approximate surface area is 143 Å². The van der Waals surface area contributed by atoms with Crippen molar-refractivity contribution in [1.82, 2.24) is 0 Å². The van der Waals surface area contributed by atoms with Crippen molar-refractivity contribution < 1.29 is 14.3 Å². The third kappa shape index (κ3) is 1.59. The maximum atomic E-state index is 12.8. The summed E-state index contributed by atoms with van der Waals surface area (Å²) in [6, 6.07) is 0. The number of cyclic esters (lactones) is 1. The standard InChI is InChI=1S/C21H26O3/c1-12-16-5-6-18-15-4-3-13-11-14(22)7-9-20(13,2)17(15)8-10-21(16,18)19(23)24-12/h4,11-12,16-18H,3,5-10H2,1-2H3/t12-,16+,17+,18-,20-,21-/m0/s1. The average molecular weight is 326 g/mol. The zero-order valence-corrected chi connectivity index (χ0v) is 14.6. The second kappa shape index (κ2) is 4.62. The number of hydrogen-bond donors (Lipinski definition) is 0. The van der Waals surface area contributed by atoms with Gasteiger partial charge in [0.2, 0.25) is 0 Å². The van der Waals surface area contributed by atoms with Gasteiger partial charge in [-0.05, 0) is 68.8 Å². The van der Waals surface area contributed by atoms with Crippen molar-refractivity contribution in [1.29, 1.82) is 0 Å². The molecule has 1 aliphatic heterocycles. The molecular formula is C21H26O3. The number of allylic oxidation sites excluding steroid dienone is 4. The maximum absolute atomic E-state index is 12.8. The van der Waals surface area contributed by atoms with Crippen molar-refractivity contribution in [3.05, 3.63) is 23.3 Å². The Morgan fingerprint density at radius 2 is 1.96 bits per heavy atom. The third-order valence-corrected chi connectivity index (χ3v) is 8.23. The summed E-state index contributed by atoms with van der Waals surface area (Å²) in [6.07, 6.45) is 11.3.